The number of ether oxygens (including phenoxy) is 1. The zero-order valence-corrected chi connectivity index (χ0v) is 14.2. The van der Waals surface area contributed by atoms with Crippen LogP contribution in [0.5, 0.6) is 0 Å². The summed E-state index contributed by atoms with van der Waals surface area (Å²) < 4.78 is 8.43. The molecule has 0 amide bonds. The number of benzene rings is 1. The molecule has 0 N–H and O–H groups in total. The van der Waals surface area contributed by atoms with E-state index in [1.165, 1.54) is 43.2 Å². The highest BCUT2D eigenvalue weighted by atomic mass is 16.5. The summed E-state index contributed by atoms with van der Waals surface area (Å²) in [6, 6.07) is 8.39. The van der Waals surface area contributed by atoms with E-state index in [4.69, 9.17) is 4.74 Å². The molecule has 0 radical (unpaired) electrons. The highest BCUT2D eigenvalue weighted by Gasteiger charge is 2.23. The summed E-state index contributed by atoms with van der Waals surface area (Å²) in [4.78, 5) is 0. The lowest BCUT2D eigenvalue weighted by molar-refractivity contribution is -0.0779. The monoisotopic (exact) mass is 313 g/mol. The Morgan fingerprint density at radius 2 is 2.00 bits per heavy atom. The number of hydrogen-bond donors (Lipinski definition) is 0. The van der Waals surface area contributed by atoms with Crippen molar-refractivity contribution in [3.8, 4) is 11.3 Å². The molecule has 1 heterocycles. The summed E-state index contributed by atoms with van der Waals surface area (Å²) in [5.74, 6) is 0. The third kappa shape index (κ3) is 3.81. The summed E-state index contributed by atoms with van der Waals surface area (Å²) in [6.45, 7) is 4.32. The lowest BCUT2D eigenvalue weighted by atomic mass is 9.98. The van der Waals surface area contributed by atoms with E-state index in [2.05, 4.69) is 48.4 Å². The SMILES string of the molecule is CCCC(OC1CCCCC1)n1nncc1-c1ccccc1C. The van der Waals surface area contributed by atoms with Gasteiger partial charge in [0.15, 0.2) is 6.23 Å². The molecule has 1 aromatic heterocycles. The molecule has 4 nitrogen and oxygen atoms in total. The predicted octanol–water partition coefficient (Wildman–Crippen LogP) is 4.90. The first-order valence-corrected chi connectivity index (χ1v) is 8.91. The van der Waals surface area contributed by atoms with Crippen molar-refractivity contribution in [2.75, 3.05) is 0 Å². The fourth-order valence-corrected chi connectivity index (χ4v) is 3.43. The molecule has 1 aliphatic carbocycles. The van der Waals surface area contributed by atoms with Crippen molar-refractivity contribution in [3.63, 3.8) is 0 Å². The largest absolute Gasteiger partial charge is 0.353 e. The lowest BCUT2D eigenvalue weighted by Gasteiger charge is -2.28. The van der Waals surface area contributed by atoms with Gasteiger partial charge < -0.3 is 4.74 Å². The highest BCUT2D eigenvalue weighted by Crippen LogP contribution is 2.30. The van der Waals surface area contributed by atoms with Crippen molar-refractivity contribution in [1.82, 2.24) is 15.0 Å². The van der Waals surface area contributed by atoms with Crippen LogP contribution in [0.3, 0.4) is 0 Å². The topological polar surface area (TPSA) is 39.9 Å². The second-order valence-electron chi connectivity index (χ2n) is 6.52. The second kappa shape index (κ2) is 7.73. The van der Waals surface area contributed by atoms with Gasteiger partial charge >= 0.3 is 0 Å². The minimum absolute atomic E-state index is 0.0137. The van der Waals surface area contributed by atoms with Crippen LogP contribution < -0.4 is 0 Å². The molecule has 1 fully saturated rings. The molecule has 23 heavy (non-hydrogen) atoms. The average molecular weight is 313 g/mol. The fourth-order valence-electron chi connectivity index (χ4n) is 3.43. The molecule has 2 aromatic rings. The Labute approximate surface area is 138 Å². The summed E-state index contributed by atoms with van der Waals surface area (Å²) in [7, 11) is 0. The van der Waals surface area contributed by atoms with Gasteiger partial charge in [-0.15, -0.1) is 5.10 Å². The van der Waals surface area contributed by atoms with Crippen molar-refractivity contribution in [1.29, 1.82) is 0 Å². The Bertz CT molecular complexity index is 617. The van der Waals surface area contributed by atoms with E-state index in [0.717, 1.165) is 18.5 Å². The highest BCUT2D eigenvalue weighted by molar-refractivity contribution is 5.62. The second-order valence-corrected chi connectivity index (χ2v) is 6.52. The van der Waals surface area contributed by atoms with Crippen LogP contribution in [0, 0.1) is 6.92 Å². The molecule has 124 valence electrons. The van der Waals surface area contributed by atoms with Crippen LogP contribution in [0.1, 0.15) is 63.7 Å². The van der Waals surface area contributed by atoms with Crippen LogP contribution in [0.25, 0.3) is 11.3 Å². The minimum Gasteiger partial charge on any atom is -0.353 e. The van der Waals surface area contributed by atoms with E-state index < -0.39 is 0 Å². The Morgan fingerprint density at radius 3 is 2.74 bits per heavy atom. The first kappa shape index (κ1) is 16.2. The summed E-state index contributed by atoms with van der Waals surface area (Å²) >= 11 is 0. The van der Waals surface area contributed by atoms with E-state index >= 15 is 0 Å². The van der Waals surface area contributed by atoms with Gasteiger partial charge in [0.05, 0.1) is 18.0 Å². The lowest BCUT2D eigenvalue weighted by Crippen LogP contribution is -2.24. The smallest absolute Gasteiger partial charge is 0.152 e. The quantitative estimate of drug-likeness (QED) is 0.761. The van der Waals surface area contributed by atoms with Gasteiger partial charge in [-0.1, -0.05) is 62.1 Å². The first-order valence-electron chi connectivity index (χ1n) is 8.91. The van der Waals surface area contributed by atoms with Gasteiger partial charge in [0.1, 0.15) is 0 Å². The third-order valence-corrected chi connectivity index (χ3v) is 4.71. The van der Waals surface area contributed by atoms with Crippen LogP contribution >= 0.6 is 0 Å². The van der Waals surface area contributed by atoms with Gasteiger partial charge in [-0.25, -0.2) is 4.68 Å². The molecule has 0 saturated heterocycles. The average Bonchev–Trinajstić information content (AvgIpc) is 3.05. The number of aromatic nitrogens is 3. The van der Waals surface area contributed by atoms with Crippen molar-refractivity contribution in [2.45, 2.75) is 71.1 Å². The van der Waals surface area contributed by atoms with E-state index in [1.807, 2.05) is 10.9 Å². The maximum absolute atomic E-state index is 6.44. The van der Waals surface area contributed by atoms with E-state index in [9.17, 15) is 0 Å². The van der Waals surface area contributed by atoms with Gasteiger partial charge in [0.25, 0.3) is 0 Å². The maximum atomic E-state index is 6.44. The molecule has 1 aromatic carbocycles. The number of aryl methyl sites for hydroxylation is 1. The molecule has 4 heteroatoms. The Balaban J connectivity index is 1.85. The first-order chi connectivity index (χ1) is 11.3. The van der Waals surface area contributed by atoms with Crippen LogP contribution in [0.4, 0.5) is 0 Å². The molecule has 0 aliphatic heterocycles. The van der Waals surface area contributed by atoms with Crippen molar-refractivity contribution < 1.29 is 4.74 Å². The van der Waals surface area contributed by atoms with E-state index in [1.54, 1.807) is 0 Å². The van der Waals surface area contributed by atoms with E-state index in [0.29, 0.717) is 6.10 Å². The van der Waals surface area contributed by atoms with Gasteiger partial charge in [-0.3, -0.25) is 0 Å². The number of nitrogens with zero attached hydrogens (tertiary/aromatic N) is 3. The standard InChI is InChI=1S/C19H27N3O/c1-3-9-19(23-16-11-5-4-6-12-16)22-18(14-20-21-22)17-13-8-7-10-15(17)2/h7-8,10,13-14,16,19H,3-6,9,11-12H2,1-2H3. The molecule has 1 saturated carbocycles. The number of hydrogen-bond acceptors (Lipinski definition) is 3. The zero-order valence-electron chi connectivity index (χ0n) is 14.2. The van der Waals surface area contributed by atoms with Crippen LogP contribution in [0.15, 0.2) is 30.5 Å². The maximum Gasteiger partial charge on any atom is 0.152 e. The summed E-state index contributed by atoms with van der Waals surface area (Å²) in [6.07, 6.45) is 10.5. The van der Waals surface area contributed by atoms with Crippen LogP contribution in [-0.4, -0.2) is 21.1 Å². The molecule has 0 bridgehead atoms. The Morgan fingerprint density at radius 1 is 1.22 bits per heavy atom. The molecule has 1 atom stereocenters. The number of rotatable bonds is 6. The normalized spacial score (nSPS) is 17.3. The Kier molecular flexibility index (Phi) is 5.44. The van der Waals surface area contributed by atoms with Gasteiger partial charge in [-0.2, -0.15) is 0 Å². The molecule has 1 aliphatic rings. The summed E-state index contributed by atoms with van der Waals surface area (Å²) in [5, 5.41) is 8.53. The fraction of sp³-hybridized carbons (Fsp3) is 0.579. The van der Waals surface area contributed by atoms with Crippen LogP contribution in [0.2, 0.25) is 0 Å². The molecular formula is C19H27N3O. The molecule has 0 spiro atoms. The molecule has 3 rings (SSSR count). The Hall–Kier alpha value is -1.68. The predicted molar refractivity (Wildman–Crippen MR) is 92.1 cm³/mol. The van der Waals surface area contributed by atoms with Gasteiger partial charge in [0, 0.05) is 5.56 Å². The van der Waals surface area contributed by atoms with Gasteiger partial charge in [-0.05, 0) is 31.7 Å². The van der Waals surface area contributed by atoms with Crippen LogP contribution in [-0.2, 0) is 4.74 Å². The molecular weight excluding hydrogens is 286 g/mol. The third-order valence-electron chi connectivity index (χ3n) is 4.71. The van der Waals surface area contributed by atoms with Crippen molar-refractivity contribution in [3.05, 3.63) is 36.0 Å². The van der Waals surface area contributed by atoms with Crippen molar-refractivity contribution >= 4 is 0 Å². The summed E-state index contributed by atoms with van der Waals surface area (Å²) in [5.41, 5.74) is 3.48. The zero-order chi connectivity index (χ0) is 16.1. The van der Waals surface area contributed by atoms with E-state index in [-0.39, 0.29) is 6.23 Å². The minimum atomic E-state index is -0.0137. The molecule has 1 unspecified atom stereocenters. The van der Waals surface area contributed by atoms with Gasteiger partial charge in [0.2, 0.25) is 0 Å². The van der Waals surface area contributed by atoms with Crippen molar-refractivity contribution in [2.24, 2.45) is 0 Å².